The van der Waals surface area contributed by atoms with Gasteiger partial charge in [0.2, 0.25) is 0 Å². The summed E-state index contributed by atoms with van der Waals surface area (Å²) >= 11 is 0. The number of phosphoric acid groups is 1. The zero-order valence-corrected chi connectivity index (χ0v) is 11.1. The van der Waals surface area contributed by atoms with Crippen molar-refractivity contribution in [2.75, 3.05) is 21.3 Å². The Hall–Kier alpha value is 0.207. The number of phosphoric ester groups is 1. The van der Waals surface area contributed by atoms with Crippen LogP contribution in [0.1, 0.15) is 13.3 Å². The van der Waals surface area contributed by atoms with Gasteiger partial charge in [0.25, 0.3) is 0 Å². The van der Waals surface area contributed by atoms with Crippen LogP contribution in [0.4, 0.5) is 0 Å². The van der Waals surface area contributed by atoms with E-state index in [0.717, 1.165) is 0 Å². The minimum atomic E-state index is -4.58. The first-order valence-electron chi connectivity index (χ1n) is 4.24. The van der Waals surface area contributed by atoms with Crippen molar-refractivity contribution in [2.45, 2.75) is 19.1 Å². The summed E-state index contributed by atoms with van der Waals surface area (Å²) in [4.78, 5) is 17.4. The average Bonchev–Trinajstić information content (AvgIpc) is 2.17. The molecule has 0 spiro atoms. The molecule has 0 aliphatic carbocycles. The molecule has 0 aromatic carbocycles. The Morgan fingerprint density at radius 1 is 1.20 bits per heavy atom. The van der Waals surface area contributed by atoms with E-state index in [1.165, 1.54) is 21.3 Å². The van der Waals surface area contributed by atoms with Crippen LogP contribution in [0.15, 0.2) is 0 Å². The van der Waals surface area contributed by atoms with Crippen molar-refractivity contribution < 1.29 is 32.2 Å². The van der Waals surface area contributed by atoms with Gasteiger partial charge in [-0.3, -0.25) is 4.52 Å². The lowest BCUT2D eigenvalue weighted by molar-refractivity contribution is 0.0526. The molecule has 0 bridgehead atoms. The fourth-order valence-electron chi connectivity index (χ4n) is 1.20. The highest BCUT2D eigenvalue weighted by atomic mass is 31.2. The molecule has 0 aromatic heterocycles. The largest absolute Gasteiger partial charge is 0.531 e. The minimum Gasteiger partial charge on any atom is -0.375 e. The predicted octanol–water partition coefficient (Wildman–Crippen LogP) is 0.292. The highest BCUT2D eigenvalue weighted by Gasteiger charge is 2.50. The van der Waals surface area contributed by atoms with Crippen LogP contribution in [0.25, 0.3) is 0 Å². The van der Waals surface area contributed by atoms with Crippen molar-refractivity contribution in [1.82, 2.24) is 0 Å². The Balaban J connectivity index is 4.82. The molecule has 7 nitrogen and oxygen atoms in total. The van der Waals surface area contributed by atoms with Gasteiger partial charge in [0.1, 0.15) is 5.73 Å². The molecule has 0 saturated carbocycles. The second kappa shape index (κ2) is 6.07. The van der Waals surface area contributed by atoms with Crippen molar-refractivity contribution >= 4 is 16.6 Å². The van der Waals surface area contributed by atoms with Crippen molar-refractivity contribution in [3.8, 4) is 0 Å². The molecule has 0 rings (SSSR count). The van der Waals surface area contributed by atoms with E-state index in [-0.39, 0.29) is 0 Å². The molecule has 1 unspecified atom stereocenters. The molecule has 0 aliphatic rings. The summed E-state index contributed by atoms with van der Waals surface area (Å²) in [5, 5.41) is 0. The highest BCUT2D eigenvalue weighted by molar-refractivity contribution is 7.46. The normalized spacial score (nSPS) is 15.3. The third kappa shape index (κ3) is 4.29. The molecule has 15 heavy (non-hydrogen) atoms. The summed E-state index contributed by atoms with van der Waals surface area (Å²) < 4.78 is 30.5. The van der Waals surface area contributed by atoms with Gasteiger partial charge in [-0.15, -0.1) is 0 Å². The summed E-state index contributed by atoms with van der Waals surface area (Å²) in [6.07, 6.45) is 0.312. The van der Waals surface area contributed by atoms with Gasteiger partial charge < -0.3 is 23.1 Å². The first-order valence-corrected chi connectivity index (χ1v) is 7.57. The fraction of sp³-hybridized carbons (Fsp3) is 1.00. The molecule has 0 aliphatic heterocycles. The zero-order chi connectivity index (χ0) is 12.1. The Morgan fingerprint density at radius 2 is 1.60 bits per heavy atom. The van der Waals surface area contributed by atoms with Crippen LogP contribution < -0.4 is 0 Å². The van der Waals surface area contributed by atoms with Crippen LogP contribution >= 0.6 is 7.82 Å². The SMILES string of the molecule is CCC(OP(=O)(O)O)[Si](OC)(OC)OC. The van der Waals surface area contributed by atoms with Crippen molar-refractivity contribution in [1.29, 1.82) is 0 Å². The summed E-state index contributed by atoms with van der Waals surface area (Å²) in [6.45, 7) is 1.69. The van der Waals surface area contributed by atoms with E-state index in [2.05, 4.69) is 4.52 Å². The average molecular weight is 260 g/mol. The molecular weight excluding hydrogens is 243 g/mol. The van der Waals surface area contributed by atoms with Crippen LogP contribution in [-0.2, 0) is 22.4 Å². The van der Waals surface area contributed by atoms with E-state index in [9.17, 15) is 4.57 Å². The van der Waals surface area contributed by atoms with E-state index in [1.54, 1.807) is 6.92 Å². The van der Waals surface area contributed by atoms with Gasteiger partial charge in [-0.2, -0.15) is 0 Å². The monoisotopic (exact) mass is 260 g/mol. The van der Waals surface area contributed by atoms with E-state index in [4.69, 9.17) is 23.1 Å². The highest BCUT2D eigenvalue weighted by Crippen LogP contribution is 2.40. The van der Waals surface area contributed by atoms with E-state index in [0.29, 0.717) is 6.42 Å². The van der Waals surface area contributed by atoms with Gasteiger partial charge in [-0.1, -0.05) is 6.92 Å². The van der Waals surface area contributed by atoms with Gasteiger partial charge >= 0.3 is 16.6 Å². The second-order valence-electron chi connectivity index (χ2n) is 2.71. The van der Waals surface area contributed by atoms with Crippen molar-refractivity contribution in [2.24, 2.45) is 0 Å². The summed E-state index contributed by atoms with van der Waals surface area (Å²) in [5.74, 6) is 0. The van der Waals surface area contributed by atoms with Crippen LogP contribution in [0.2, 0.25) is 0 Å². The van der Waals surface area contributed by atoms with Crippen LogP contribution in [0.5, 0.6) is 0 Å². The van der Waals surface area contributed by atoms with Crippen LogP contribution in [0, 0.1) is 0 Å². The smallest absolute Gasteiger partial charge is 0.375 e. The van der Waals surface area contributed by atoms with Crippen LogP contribution in [-0.4, -0.2) is 45.6 Å². The maximum Gasteiger partial charge on any atom is 0.531 e. The van der Waals surface area contributed by atoms with E-state index in [1.807, 2.05) is 0 Å². The molecule has 92 valence electrons. The Bertz CT molecular complexity index is 217. The first kappa shape index (κ1) is 15.2. The quantitative estimate of drug-likeness (QED) is 0.502. The standard InChI is InChI=1S/C6H17O7PSi/c1-5-6(13-14(7,8)9)15(10-2,11-3)12-4/h6H,5H2,1-4H3,(H2,7,8,9). The minimum absolute atomic E-state index is 0.312. The fourth-order valence-corrected chi connectivity index (χ4v) is 4.40. The summed E-state index contributed by atoms with van der Waals surface area (Å²) in [6, 6.07) is 0. The zero-order valence-electron chi connectivity index (χ0n) is 9.17. The first-order chi connectivity index (χ1) is 6.85. The maximum atomic E-state index is 10.7. The lowest BCUT2D eigenvalue weighted by atomic mass is 10.5. The number of hydrogen-bond acceptors (Lipinski definition) is 5. The van der Waals surface area contributed by atoms with Gasteiger partial charge in [0.15, 0.2) is 0 Å². The third-order valence-electron chi connectivity index (χ3n) is 1.88. The molecule has 2 N–H and O–H groups in total. The molecular formula is C6H17O7PSi. The molecule has 0 amide bonds. The van der Waals surface area contributed by atoms with Gasteiger partial charge in [-0.05, 0) is 6.42 Å². The topological polar surface area (TPSA) is 94.5 Å². The molecule has 9 heteroatoms. The molecule has 0 heterocycles. The number of hydrogen-bond donors (Lipinski definition) is 2. The molecule has 0 fully saturated rings. The van der Waals surface area contributed by atoms with Crippen molar-refractivity contribution in [3.63, 3.8) is 0 Å². The lowest BCUT2D eigenvalue weighted by Crippen LogP contribution is -2.55. The van der Waals surface area contributed by atoms with Gasteiger partial charge in [-0.25, -0.2) is 4.57 Å². The number of rotatable bonds is 7. The molecule has 1 atom stereocenters. The Morgan fingerprint density at radius 3 is 1.80 bits per heavy atom. The Kier molecular flexibility index (Phi) is 6.15. The van der Waals surface area contributed by atoms with Crippen LogP contribution in [0.3, 0.4) is 0 Å². The van der Waals surface area contributed by atoms with E-state index >= 15 is 0 Å². The third-order valence-corrected chi connectivity index (χ3v) is 5.63. The van der Waals surface area contributed by atoms with Gasteiger partial charge in [0.05, 0.1) is 0 Å². The molecule has 0 radical (unpaired) electrons. The summed E-state index contributed by atoms with van der Waals surface area (Å²) in [5.41, 5.74) is -0.890. The van der Waals surface area contributed by atoms with Crippen molar-refractivity contribution in [3.05, 3.63) is 0 Å². The lowest BCUT2D eigenvalue weighted by Gasteiger charge is -2.31. The molecule has 0 saturated heterocycles. The second-order valence-corrected chi connectivity index (χ2v) is 6.98. The molecule has 0 aromatic rings. The predicted molar refractivity (Wildman–Crippen MR) is 54.0 cm³/mol. The Labute approximate surface area is 89.9 Å². The summed E-state index contributed by atoms with van der Waals surface area (Å²) in [7, 11) is -3.69. The maximum absolute atomic E-state index is 10.7. The van der Waals surface area contributed by atoms with E-state index < -0.39 is 22.4 Å². The van der Waals surface area contributed by atoms with Gasteiger partial charge in [0, 0.05) is 21.3 Å².